The summed E-state index contributed by atoms with van der Waals surface area (Å²) in [4.78, 5) is 9.92. The average molecular weight is 642 g/mol. The van der Waals surface area contributed by atoms with Crippen LogP contribution in [0.3, 0.4) is 0 Å². The number of hydrogen-bond donors (Lipinski definition) is 4. The van der Waals surface area contributed by atoms with Crippen molar-refractivity contribution in [3.63, 3.8) is 0 Å². The van der Waals surface area contributed by atoms with E-state index in [1.807, 2.05) is 38.1 Å². The molecule has 0 saturated carbocycles. The summed E-state index contributed by atoms with van der Waals surface area (Å²) in [6.07, 6.45) is 2.91. The summed E-state index contributed by atoms with van der Waals surface area (Å²) < 4.78 is 11.6. The molecule has 1 aliphatic rings. The molecule has 5 rings (SSSR count). The second-order valence-electron chi connectivity index (χ2n) is 9.40. The Hall–Kier alpha value is -3.99. The van der Waals surface area contributed by atoms with Gasteiger partial charge in [0, 0.05) is 78.8 Å². The number of aromatic hydroxyl groups is 4. The number of ether oxygens (including phenoxy) is 2. The largest absolute Gasteiger partial charge is 0.504 e. The maximum atomic E-state index is 10.5. The van der Waals surface area contributed by atoms with Crippen molar-refractivity contribution in [3.8, 4) is 45.6 Å². The van der Waals surface area contributed by atoms with Gasteiger partial charge in [0.05, 0.1) is 14.2 Å². The number of benzene rings is 4. The molecule has 41 heavy (non-hydrogen) atoms. The van der Waals surface area contributed by atoms with Crippen LogP contribution in [-0.2, 0) is 38.6 Å². The van der Waals surface area contributed by atoms with Crippen LogP contribution in [0, 0.1) is 13.8 Å². The van der Waals surface area contributed by atoms with E-state index in [0.717, 1.165) is 22.3 Å². The molecule has 218 valence electrons. The molecule has 4 aromatic carbocycles. The first kappa shape index (κ1) is 31.5. The Balaban J connectivity index is 0.00000231. The molecule has 10 heteroatoms. The Kier molecular flexibility index (Phi) is 9.43. The maximum absolute atomic E-state index is 10.5. The zero-order valence-corrected chi connectivity index (χ0v) is 24.5. The van der Waals surface area contributed by atoms with Gasteiger partial charge in [-0.2, -0.15) is 0 Å². The van der Waals surface area contributed by atoms with Gasteiger partial charge < -0.3 is 29.9 Å². The van der Waals surface area contributed by atoms with E-state index in [0.29, 0.717) is 33.8 Å². The number of fused-ring (bicyclic) bond motifs is 3. The fourth-order valence-electron chi connectivity index (χ4n) is 4.98. The minimum absolute atomic E-state index is 0. The van der Waals surface area contributed by atoms with Crippen LogP contribution in [0.4, 0.5) is 0 Å². The second-order valence-corrected chi connectivity index (χ2v) is 9.40. The molecule has 4 N–H and O–H groups in total. The monoisotopic (exact) mass is 640 g/mol. The Labute approximate surface area is 257 Å². The molecule has 0 atom stereocenters. The molecule has 0 unspecified atom stereocenters. The number of aryl methyl sites for hydroxylation is 2. The zero-order valence-electron chi connectivity index (χ0n) is 22.6. The summed E-state index contributed by atoms with van der Waals surface area (Å²) in [5.41, 5.74) is 3.90. The van der Waals surface area contributed by atoms with E-state index < -0.39 is 5.66 Å². The molecule has 4 aromatic rings. The molecule has 0 radical (unpaired) electrons. The third-order valence-corrected chi connectivity index (χ3v) is 6.81. The van der Waals surface area contributed by atoms with Crippen LogP contribution in [0.25, 0.3) is 11.1 Å². The molecule has 0 amide bonds. The van der Waals surface area contributed by atoms with Gasteiger partial charge in [0.1, 0.15) is 11.5 Å². The zero-order chi connectivity index (χ0) is 27.9. The first-order chi connectivity index (χ1) is 18.7. The molecule has 0 heterocycles. The number of phenolic OH excluding ortho intramolecular Hbond substituents is 4. The van der Waals surface area contributed by atoms with Crippen LogP contribution in [-0.4, -0.2) is 47.1 Å². The number of nitrogens with zero attached hydrogens (tertiary/aromatic N) is 2. The van der Waals surface area contributed by atoms with Gasteiger partial charge in [-0.1, -0.05) is 24.3 Å². The van der Waals surface area contributed by atoms with E-state index in [2.05, 4.69) is 0 Å². The van der Waals surface area contributed by atoms with Gasteiger partial charge in [0.25, 0.3) is 0 Å². The SMILES string of the molecule is COc1cc(C)cc2c1-c1c(OC)cc(C)cc1C2(/N=C/c1cccc(O)c1O)/N=C/c1cccc(O)c1O.[Ni].[Ni]. The summed E-state index contributed by atoms with van der Waals surface area (Å²) in [6.45, 7) is 3.88. The number of phenols is 4. The molecule has 8 nitrogen and oxygen atoms in total. The molecule has 0 aliphatic heterocycles. The summed E-state index contributed by atoms with van der Waals surface area (Å²) >= 11 is 0. The molecule has 0 spiro atoms. The number of hydrogen-bond acceptors (Lipinski definition) is 8. The number of rotatable bonds is 6. The van der Waals surface area contributed by atoms with E-state index >= 15 is 0 Å². The van der Waals surface area contributed by atoms with Crippen LogP contribution in [0.15, 0.2) is 70.6 Å². The Bertz CT molecular complexity index is 1550. The Morgan fingerprint density at radius 2 is 1.02 bits per heavy atom. The number of para-hydroxylation sites is 2. The first-order valence-electron chi connectivity index (χ1n) is 12.2. The smallest absolute Gasteiger partial charge is 0.202 e. The van der Waals surface area contributed by atoms with Crippen molar-refractivity contribution in [2.24, 2.45) is 9.98 Å². The topological polar surface area (TPSA) is 124 Å². The van der Waals surface area contributed by atoms with Crippen molar-refractivity contribution in [2.75, 3.05) is 14.2 Å². The predicted octanol–water partition coefficient (Wildman–Crippen LogP) is 5.56. The second kappa shape index (κ2) is 12.3. The Morgan fingerprint density at radius 3 is 1.39 bits per heavy atom. The van der Waals surface area contributed by atoms with Gasteiger partial charge in [-0.05, 0) is 61.4 Å². The molecule has 0 aromatic heterocycles. The van der Waals surface area contributed by atoms with Crippen molar-refractivity contribution >= 4 is 12.4 Å². The van der Waals surface area contributed by atoms with Crippen LogP contribution in [0.2, 0.25) is 0 Å². The van der Waals surface area contributed by atoms with Crippen molar-refractivity contribution in [2.45, 2.75) is 19.5 Å². The molecular weight excluding hydrogens is 614 g/mol. The van der Waals surface area contributed by atoms with E-state index in [1.54, 1.807) is 38.5 Å². The van der Waals surface area contributed by atoms with Crippen LogP contribution >= 0.6 is 0 Å². The first-order valence-corrected chi connectivity index (χ1v) is 12.2. The van der Waals surface area contributed by atoms with Gasteiger partial charge in [0.15, 0.2) is 23.0 Å². The molecule has 1 aliphatic carbocycles. The van der Waals surface area contributed by atoms with E-state index in [9.17, 15) is 20.4 Å². The number of aliphatic imine (C=N–C) groups is 2. The summed E-state index contributed by atoms with van der Waals surface area (Å²) in [7, 11) is 3.19. The standard InChI is InChI=1S/C31H28N2O6.2Ni/c1-17-11-21-27(25(13-17)38-3)28-22(12-18(2)14-26(28)39-4)31(21,32-15-19-7-5-9-23(34)29(19)36)33-16-20-8-6-10-24(35)30(20)37;;/h5-16,34-37H,1-4H3;;/b32-15+,33-16+;;. The third-order valence-electron chi connectivity index (χ3n) is 6.81. The van der Waals surface area contributed by atoms with Crippen LogP contribution in [0.1, 0.15) is 33.4 Å². The summed E-state index contributed by atoms with van der Waals surface area (Å²) in [5, 5.41) is 41.1. The van der Waals surface area contributed by atoms with Gasteiger partial charge in [-0.3, -0.25) is 9.98 Å². The average Bonchev–Trinajstić information content (AvgIpc) is 3.18. The maximum Gasteiger partial charge on any atom is 0.202 e. The van der Waals surface area contributed by atoms with Gasteiger partial charge in [-0.25, -0.2) is 0 Å². The van der Waals surface area contributed by atoms with Gasteiger partial charge in [0.2, 0.25) is 5.66 Å². The minimum Gasteiger partial charge on any atom is -0.504 e. The molecule has 0 fully saturated rings. The third kappa shape index (κ3) is 5.38. The summed E-state index contributed by atoms with van der Waals surface area (Å²) in [6, 6.07) is 17.0. The fourth-order valence-corrected chi connectivity index (χ4v) is 4.98. The normalized spacial score (nSPS) is 12.9. The molecule has 0 bridgehead atoms. The Morgan fingerprint density at radius 1 is 0.634 bits per heavy atom. The van der Waals surface area contributed by atoms with Crippen LogP contribution in [0.5, 0.6) is 34.5 Å². The van der Waals surface area contributed by atoms with E-state index in [4.69, 9.17) is 19.5 Å². The molecular formula is C31H28N2Ni2O6. The molecule has 0 saturated heterocycles. The van der Waals surface area contributed by atoms with E-state index in [-0.39, 0.29) is 56.0 Å². The summed E-state index contributed by atoms with van der Waals surface area (Å²) in [5.74, 6) is 0.0511. The van der Waals surface area contributed by atoms with Gasteiger partial charge in [-0.15, -0.1) is 0 Å². The number of methoxy groups -OCH3 is 2. The van der Waals surface area contributed by atoms with Crippen molar-refractivity contribution in [1.82, 2.24) is 0 Å². The van der Waals surface area contributed by atoms with Crippen LogP contribution < -0.4 is 9.47 Å². The van der Waals surface area contributed by atoms with Crippen molar-refractivity contribution in [1.29, 1.82) is 0 Å². The minimum atomic E-state index is -1.40. The quantitative estimate of drug-likeness (QED) is 0.124. The van der Waals surface area contributed by atoms with Crippen molar-refractivity contribution in [3.05, 3.63) is 94.0 Å². The predicted molar refractivity (Wildman–Crippen MR) is 150 cm³/mol. The van der Waals surface area contributed by atoms with E-state index in [1.165, 1.54) is 24.6 Å². The fraction of sp³-hybridized carbons (Fsp3) is 0.161. The van der Waals surface area contributed by atoms with Gasteiger partial charge >= 0.3 is 0 Å². The van der Waals surface area contributed by atoms with Crippen molar-refractivity contribution < 1.29 is 62.9 Å².